The Hall–Kier alpha value is -0.170. The third kappa shape index (κ3) is 8.57. The van der Waals surface area contributed by atoms with E-state index < -0.39 is 9.84 Å². The normalized spacial score (nSPS) is 20.3. The molecule has 0 spiro atoms. The molecule has 0 atom stereocenters. The van der Waals surface area contributed by atoms with Gasteiger partial charge in [-0.05, 0) is 39.3 Å². The first kappa shape index (κ1) is 16.9. The van der Waals surface area contributed by atoms with Gasteiger partial charge in [0.1, 0.15) is 0 Å². The second-order valence-corrected chi connectivity index (χ2v) is 7.30. The molecule has 0 bridgehead atoms. The molecule has 1 aliphatic heterocycles. The predicted octanol–water partition coefficient (Wildman–Crippen LogP) is 0.513. The Kier molecular flexibility index (Phi) is 8.61. The van der Waals surface area contributed by atoms with E-state index in [1.165, 1.54) is 0 Å². The van der Waals surface area contributed by atoms with Crippen molar-refractivity contribution >= 4 is 9.84 Å². The smallest absolute Gasteiger partial charge is 0.151 e. The van der Waals surface area contributed by atoms with Gasteiger partial charge in [0.15, 0.2) is 9.84 Å². The average molecular weight is 292 g/mol. The third-order valence-electron chi connectivity index (χ3n) is 3.35. The molecule has 0 aromatic rings. The Morgan fingerprint density at radius 3 is 2.79 bits per heavy atom. The molecule has 1 saturated heterocycles. The first-order valence-electron chi connectivity index (χ1n) is 7.35. The van der Waals surface area contributed by atoms with Crippen molar-refractivity contribution in [1.82, 2.24) is 10.2 Å². The molecule has 0 radical (unpaired) electrons. The highest BCUT2D eigenvalue weighted by Gasteiger charge is 2.18. The van der Waals surface area contributed by atoms with Crippen molar-refractivity contribution < 1.29 is 13.2 Å². The summed E-state index contributed by atoms with van der Waals surface area (Å²) in [6.07, 6.45) is 3.01. The van der Waals surface area contributed by atoms with Crippen LogP contribution in [0.3, 0.4) is 0 Å². The van der Waals surface area contributed by atoms with Crippen LogP contribution in [0.1, 0.15) is 26.2 Å². The zero-order valence-electron chi connectivity index (χ0n) is 12.1. The molecule has 1 rings (SSSR count). The Morgan fingerprint density at radius 2 is 2.00 bits per heavy atom. The number of unbranched alkanes of at least 4 members (excludes halogenated alkanes) is 1. The zero-order chi connectivity index (χ0) is 14.0. The van der Waals surface area contributed by atoms with Gasteiger partial charge in [0, 0.05) is 32.8 Å². The van der Waals surface area contributed by atoms with E-state index in [2.05, 4.69) is 10.2 Å². The Bertz CT molecular complexity index is 320. The fraction of sp³-hybridized carbons (Fsp3) is 1.00. The maximum absolute atomic E-state index is 11.5. The van der Waals surface area contributed by atoms with Crippen molar-refractivity contribution in [2.24, 2.45) is 0 Å². The monoisotopic (exact) mass is 292 g/mol. The minimum atomic E-state index is -2.78. The fourth-order valence-corrected chi connectivity index (χ4v) is 3.48. The summed E-state index contributed by atoms with van der Waals surface area (Å²) in [7, 11) is -2.78. The van der Waals surface area contributed by atoms with Gasteiger partial charge in [-0.1, -0.05) is 0 Å². The van der Waals surface area contributed by atoms with Gasteiger partial charge < -0.3 is 15.0 Å². The van der Waals surface area contributed by atoms with Crippen LogP contribution in [0.4, 0.5) is 0 Å². The predicted molar refractivity (Wildman–Crippen MR) is 78.3 cm³/mol. The number of nitrogens with one attached hydrogen (secondary N) is 1. The van der Waals surface area contributed by atoms with E-state index in [0.717, 1.165) is 58.7 Å². The minimum absolute atomic E-state index is 0.321. The molecule has 1 N–H and O–H groups in total. The summed E-state index contributed by atoms with van der Waals surface area (Å²) in [5.41, 5.74) is 0. The Balaban J connectivity index is 1.97. The number of nitrogens with zero attached hydrogens (tertiary/aromatic N) is 1. The SMILES string of the molecule is CCOCCCCNCCN1CCCS(=O)(=O)CC1. The van der Waals surface area contributed by atoms with Crippen LogP contribution >= 0.6 is 0 Å². The second kappa shape index (κ2) is 9.69. The number of hydrogen-bond donors (Lipinski definition) is 1. The number of ether oxygens (including phenoxy) is 1. The minimum Gasteiger partial charge on any atom is -0.382 e. The molecule has 0 aromatic heterocycles. The van der Waals surface area contributed by atoms with Crippen LogP contribution in [-0.4, -0.2) is 70.8 Å². The van der Waals surface area contributed by atoms with Crippen molar-refractivity contribution in [2.75, 3.05) is 57.4 Å². The van der Waals surface area contributed by atoms with Gasteiger partial charge in [0.05, 0.1) is 11.5 Å². The van der Waals surface area contributed by atoms with Crippen LogP contribution in [0.2, 0.25) is 0 Å². The molecule has 0 amide bonds. The van der Waals surface area contributed by atoms with Crippen molar-refractivity contribution in [3.63, 3.8) is 0 Å². The highest BCUT2D eigenvalue weighted by atomic mass is 32.2. The maximum atomic E-state index is 11.5. The molecule has 1 fully saturated rings. The van der Waals surface area contributed by atoms with E-state index in [0.29, 0.717) is 18.1 Å². The third-order valence-corrected chi connectivity index (χ3v) is 5.06. The summed E-state index contributed by atoms with van der Waals surface area (Å²) in [6, 6.07) is 0. The molecular formula is C13H28N2O3S. The number of rotatable bonds is 9. The molecular weight excluding hydrogens is 264 g/mol. The summed E-state index contributed by atoms with van der Waals surface area (Å²) in [5, 5.41) is 3.40. The van der Waals surface area contributed by atoms with Gasteiger partial charge in [-0.15, -0.1) is 0 Å². The molecule has 0 unspecified atom stereocenters. The highest BCUT2D eigenvalue weighted by molar-refractivity contribution is 7.91. The number of sulfone groups is 1. The van der Waals surface area contributed by atoms with Crippen molar-refractivity contribution in [2.45, 2.75) is 26.2 Å². The molecule has 1 heterocycles. The molecule has 5 nitrogen and oxygen atoms in total. The van der Waals surface area contributed by atoms with E-state index in [9.17, 15) is 8.42 Å². The Labute approximate surface area is 117 Å². The molecule has 0 aromatic carbocycles. The van der Waals surface area contributed by atoms with E-state index >= 15 is 0 Å². The molecule has 1 aliphatic rings. The van der Waals surface area contributed by atoms with E-state index in [-0.39, 0.29) is 0 Å². The van der Waals surface area contributed by atoms with Crippen molar-refractivity contribution in [3.8, 4) is 0 Å². The largest absolute Gasteiger partial charge is 0.382 e. The Morgan fingerprint density at radius 1 is 1.16 bits per heavy atom. The van der Waals surface area contributed by atoms with Crippen molar-refractivity contribution in [3.05, 3.63) is 0 Å². The zero-order valence-corrected chi connectivity index (χ0v) is 12.9. The van der Waals surface area contributed by atoms with Crippen LogP contribution in [-0.2, 0) is 14.6 Å². The lowest BCUT2D eigenvalue weighted by molar-refractivity contribution is 0.143. The standard InChI is InChI=1S/C13H28N2O3S/c1-2-18-11-4-3-6-14-7-9-15-8-5-12-19(16,17)13-10-15/h14H,2-13H2,1H3. The first-order valence-corrected chi connectivity index (χ1v) is 9.17. The fourth-order valence-electron chi connectivity index (χ4n) is 2.17. The topological polar surface area (TPSA) is 58.6 Å². The van der Waals surface area contributed by atoms with Gasteiger partial charge in [-0.2, -0.15) is 0 Å². The van der Waals surface area contributed by atoms with Crippen LogP contribution < -0.4 is 5.32 Å². The molecule has 19 heavy (non-hydrogen) atoms. The van der Waals surface area contributed by atoms with Crippen LogP contribution in [0.25, 0.3) is 0 Å². The second-order valence-electron chi connectivity index (χ2n) is 5.00. The molecule has 0 aliphatic carbocycles. The summed E-state index contributed by atoms with van der Waals surface area (Å²) >= 11 is 0. The van der Waals surface area contributed by atoms with E-state index in [4.69, 9.17) is 4.74 Å². The molecule has 6 heteroatoms. The summed E-state index contributed by atoms with van der Waals surface area (Å²) in [6.45, 7) is 8.15. The van der Waals surface area contributed by atoms with E-state index in [1.54, 1.807) is 0 Å². The summed E-state index contributed by atoms with van der Waals surface area (Å²) in [5.74, 6) is 0.676. The lowest BCUT2D eigenvalue weighted by Gasteiger charge is -2.19. The van der Waals surface area contributed by atoms with Crippen molar-refractivity contribution in [1.29, 1.82) is 0 Å². The van der Waals surface area contributed by atoms with Gasteiger partial charge >= 0.3 is 0 Å². The quantitative estimate of drug-likeness (QED) is 0.628. The van der Waals surface area contributed by atoms with Crippen LogP contribution in [0.15, 0.2) is 0 Å². The van der Waals surface area contributed by atoms with Crippen LogP contribution in [0, 0.1) is 0 Å². The molecule has 0 saturated carbocycles. The molecule has 114 valence electrons. The van der Waals surface area contributed by atoms with Gasteiger partial charge in [0.2, 0.25) is 0 Å². The van der Waals surface area contributed by atoms with Gasteiger partial charge in [-0.25, -0.2) is 8.42 Å². The van der Waals surface area contributed by atoms with E-state index in [1.807, 2.05) is 6.92 Å². The van der Waals surface area contributed by atoms with Gasteiger partial charge in [-0.3, -0.25) is 0 Å². The number of hydrogen-bond acceptors (Lipinski definition) is 5. The highest BCUT2D eigenvalue weighted by Crippen LogP contribution is 2.04. The maximum Gasteiger partial charge on any atom is 0.151 e. The van der Waals surface area contributed by atoms with Gasteiger partial charge in [0.25, 0.3) is 0 Å². The lowest BCUT2D eigenvalue weighted by Crippen LogP contribution is -2.34. The average Bonchev–Trinajstić information content (AvgIpc) is 2.54. The summed E-state index contributed by atoms with van der Waals surface area (Å²) < 4.78 is 28.2. The summed E-state index contributed by atoms with van der Waals surface area (Å²) in [4.78, 5) is 2.25. The van der Waals surface area contributed by atoms with Crippen LogP contribution in [0.5, 0.6) is 0 Å². The lowest BCUT2D eigenvalue weighted by atomic mass is 10.3. The first-order chi connectivity index (χ1) is 9.14.